The zero-order chi connectivity index (χ0) is 28.2. The summed E-state index contributed by atoms with van der Waals surface area (Å²) in [6.07, 6.45) is 8.47. The largest absolute Gasteiger partial charge is 0.374 e. The van der Waals surface area contributed by atoms with Crippen molar-refractivity contribution in [2.45, 2.75) is 51.0 Å². The molecule has 4 aromatic heterocycles. The van der Waals surface area contributed by atoms with E-state index in [1.54, 1.807) is 29.6 Å². The predicted octanol–water partition coefficient (Wildman–Crippen LogP) is 3.02. The summed E-state index contributed by atoms with van der Waals surface area (Å²) in [5.74, 6) is 0.856. The Morgan fingerprint density at radius 1 is 1.17 bits per heavy atom. The number of imidazole rings is 1. The lowest BCUT2D eigenvalue weighted by molar-refractivity contribution is -0.141. The molecule has 7 rings (SSSR count). The van der Waals surface area contributed by atoms with E-state index in [0.29, 0.717) is 17.2 Å². The molecule has 1 aromatic carbocycles. The third-order valence-electron chi connectivity index (χ3n) is 8.40. The number of aliphatic hydroxyl groups is 1. The number of hydrogen-bond donors (Lipinski definition) is 3. The number of fused-ring (bicyclic) bond motifs is 4. The van der Waals surface area contributed by atoms with Crippen LogP contribution in [0.2, 0.25) is 0 Å². The van der Waals surface area contributed by atoms with Crippen molar-refractivity contribution in [3.05, 3.63) is 78.5 Å². The topological polar surface area (TPSA) is 144 Å². The maximum atomic E-state index is 13.8. The molecule has 3 unspecified atom stereocenters. The molecule has 0 radical (unpaired) electrons. The van der Waals surface area contributed by atoms with Gasteiger partial charge in [-0.25, -0.2) is 15.0 Å². The molecular weight excluding hydrogens is 520 g/mol. The van der Waals surface area contributed by atoms with Gasteiger partial charge in [0.2, 0.25) is 17.6 Å². The van der Waals surface area contributed by atoms with Gasteiger partial charge < -0.3 is 25.6 Å². The van der Waals surface area contributed by atoms with Crippen LogP contribution in [0.1, 0.15) is 36.7 Å². The molecule has 2 fully saturated rings. The molecule has 0 spiro atoms. The molecule has 11 heteroatoms. The maximum Gasteiger partial charge on any atom is 0.248 e. The van der Waals surface area contributed by atoms with Gasteiger partial charge in [0.05, 0.1) is 11.9 Å². The van der Waals surface area contributed by atoms with Crippen molar-refractivity contribution >= 4 is 34.3 Å². The number of benzene rings is 1. The monoisotopic (exact) mass is 550 g/mol. The van der Waals surface area contributed by atoms with Crippen molar-refractivity contribution in [1.29, 1.82) is 0 Å². The minimum absolute atomic E-state index is 0.0256. The van der Waals surface area contributed by atoms with Crippen LogP contribution in [0.15, 0.2) is 67.3 Å². The summed E-state index contributed by atoms with van der Waals surface area (Å²) in [6, 6.07) is 12.6. The Labute approximate surface area is 235 Å². The second-order valence-electron chi connectivity index (χ2n) is 10.9. The van der Waals surface area contributed by atoms with Gasteiger partial charge in [0.25, 0.3) is 0 Å². The molecule has 2 aliphatic rings. The fourth-order valence-electron chi connectivity index (χ4n) is 6.62. The second kappa shape index (κ2) is 9.79. The standard InChI is InChI=1S/C30H30N8O3/c1-17-4-2-5-25(34-17)35-29(41)27-19-6-8-20(12-19)38(27)26(39)16-36-15-22(28(31)40)21-13-18(7-9-23(21)36)24-14-33-30-32-10-3-11-37(24)30/h2-5,7,9-11,13-15,19-20,27-28,40H,6,8,12,16,31H2,1H3,(H,34,35,41)/t19?,20?,27-,28?/m0/s1. The Morgan fingerprint density at radius 2 is 2.05 bits per heavy atom. The first-order valence-corrected chi connectivity index (χ1v) is 13.8. The van der Waals surface area contributed by atoms with Crippen LogP contribution in [0.4, 0.5) is 5.82 Å². The lowest BCUT2D eigenvalue weighted by Crippen LogP contribution is -2.51. The van der Waals surface area contributed by atoms with E-state index in [1.807, 2.05) is 58.5 Å². The normalized spacial score (nSPS) is 20.7. The zero-order valence-corrected chi connectivity index (χ0v) is 22.5. The van der Waals surface area contributed by atoms with Crippen molar-refractivity contribution in [3.8, 4) is 11.3 Å². The average molecular weight is 551 g/mol. The predicted molar refractivity (Wildman–Crippen MR) is 152 cm³/mol. The highest BCUT2D eigenvalue weighted by Gasteiger charge is 2.51. The number of amides is 2. The fourth-order valence-corrected chi connectivity index (χ4v) is 6.62. The summed E-state index contributed by atoms with van der Waals surface area (Å²) in [5, 5.41) is 14.1. The van der Waals surface area contributed by atoms with E-state index in [2.05, 4.69) is 20.3 Å². The third kappa shape index (κ3) is 4.34. The first-order valence-electron chi connectivity index (χ1n) is 13.8. The van der Waals surface area contributed by atoms with Gasteiger partial charge in [-0.3, -0.25) is 14.0 Å². The Bertz CT molecular complexity index is 1810. The van der Waals surface area contributed by atoms with Gasteiger partial charge in [-0.1, -0.05) is 12.1 Å². The molecule has 1 aliphatic carbocycles. The molecule has 1 saturated heterocycles. The molecule has 11 nitrogen and oxygen atoms in total. The number of nitrogens with zero attached hydrogens (tertiary/aromatic N) is 6. The van der Waals surface area contributed by atoms with E-state index in [9.17, 15) is 14.7 Å². The van der Waals surface area contributed by atoms with Crippen molar-refractivity contribution in [1.82, 2.24) is 28.8 Å². The minimum atomic E-state index is -1.23. The first kappa shape index (κ1) is 25.4. The summed E-state index contributed by atoms with van der Waals surface area (Å²) < 4.78 is 3.70. The van der Waals surface area contributed by atoms with E-state index in [4.69, 9.17) is 5.73 Å². The van der Waals surface area contributed by atoms with Crippen molar-refractivity contribution in [2.24, 2.45) is 11.7 Å². The number of aromatic nitrogens is 5. The fraction of sp³-hybridized carbons (Fsp3) is 0.300. The first-order chi connectivity index (χ1) is 19.9. The number of nitrogens with one attached hydrogen (secondary N) is 1. The lowest BCUT2D eigenvalue weighted by Gasteiger charge is -2.34. The summed E-state index contributed by atoms with van der Waals surface area (Å²) in [6.45, 7) is 1.90. The molecule has 1 saturated carbocycles. The molecular formula is C30H30N8O3. The number of carbonyl (C=O) groups is 2. The summed E-state index contributed by atoms with van der Waals surface area (Å²) in [7, 11) is 0. The van der Waals surface area contributed by atoms with Gasteiger partial charge in [-0.2, -0.15) is 0 Å². The van der Waals surface area contributed by atoms with E-state index in [-0.39, 0.29) is 30.3 Å². The van der Waals surface area contributed by atoms with Crippen LogP contribution in [-0.2, 0) is 16.1 Å². The average Bonchev–Trinajstić information content (AvgIpc) is 3.75. The summed E-state index contributed by atoms with van der Waals surface area (Å²) in [4.78, 5) is 42.1. The molecule has 2 amide bonds. The SMILES string of the molecule is Cc1cccc(NC(=O)[C@@H]2C3CCC(C3)N2C(=O)Cn2cc(C(N)O)c3cc(-c4cnc5ncccn45)ccc32)n1. The van der Waals surface area contributed by atoms with Crippen LogP contribution < -0.4 is 11.1 Å². The Kier molecular flexibility index (Phi) is 6.06. The number of carbonyl (C=O) groups excluding carboxylic acids is 2. The second-order valence-corrected chi connectivity index (χ2v) is 10.9. The van der Waals surface area contributed by atoms with E-state index >= 15 is 0 Å². The van der Waals surface area contributed by atoms with Crippen molar-refractivity contribution < 1.29 is 14.7 Å². The van der Waals surface area contributed by atoms with E-state index in [0.717, 1.165) is 47.1 Å². The lowest BCUT2D eigenvalue weighted by atomic mass is 9.97. The van der Waals surface area contributed by atoms with Crippen molar-refractivity contribution in [2.75, 3.05) is 5.32 Å². The maximum absolute atomic E-state index is 13.8. The number of pyridine rings is 1. The molecule has 208 valence electrons. The van der Waals surface area contributed by atoms with Gasteiger partial charge >= 0.3 is 0 Å². The quantitative estimate of drug-likeness (QED) is 0.276. The number of piperidine rings is 1. The summed E-state index contributed by atoms with van der Waals surface area (Å²) in [5.41, 5.74) is 9.78. The zero-order valence-electron chi connectivity index (χ0n) is 22.5. The number of likely N-dealkylation sites (tertiary alicyclic amines) is 1. The smallest absolute Gasteiger partial charge is 0.248 e. The molecule has 41 heavy (non-hydrogen) atoms. The van der Waals surface area contributed by atoms with Crippen LogP contribution in [0.3, 0.4) is 0 Å². The number of rotatable bonds is 6. The molecule has 4 N–H and O–H groups in total. The molecule has 2 bridgehead atoms. The van der Waals surface area contributed by atoms with Crippen LogP contribution in [-0.4, -0.2) is 57.8 Å². The van der Waals surface area contributed by atoms with Crippen molar-refractivity contribution in [3.63, 3.8) is 0 Å². The van der Waals surface area contributed by atoms with Crippen LogP contribution >= 0.6 is 0 Å². The number of aliphatic hydroxyl groups excluding tert-OH is 1. The Balaban J connectivity index is 1.19. The molecule has 4 atom stereocenters. The van der Waals surface area contributed by atoms with Gasteiger partial charge in [0, 0.05) is 52.4 Å². The molecule has 5 heterocycles. The molecule has 1 aliphatic heterocycles. The van der Waals surface area contributed by atoms with E-state index < -0.39 is 12.3 Å². The highest BCUT2D eigenvalue weighted by Crippen LogP contribution is 2.43. The van der Waals surface area contributed by atoms with Gasteiger partial charge in [0.15, 0.2) is 0 Å². The highest BCUT2D eigenvalue weighted by atomic mass is 16.3. The van der Waals surface area contributed by atoms with Crippen LogP contribution in [0.5, 0.6) is 0 Å². The highest BCUT2D eigenvalue weighted by molar-refractivity contribution is 5.98. The van der Waals surface area contributed by atoms with Gasteiger partial charge in [-0.15, -0.1) is 0 Å². The van der Waals surface area contributed by atoms with Gasteiger partial charge in [0.1, 0.15) is 24.6 Å². The van der Waals surface area contributed by atoms with Crippen LogP contribution in [0, 0.1) is 12.8 Å². The minimum Gasteiger partial charge on any atom is -0.374 e. The summed E-state index contributed by atoms with van der Waals surface area (Å²) >= 11 is 0. The third-order valence-corrected chi connectivity index (χ3v) is 8.40. The van der Waals surface area contributed by atoms with Crippen LogP contribution in [0.25, 0.3) is 27.9 Å². The number of anilines is 1. The Morgan fingerprint density at radius 3 is 2.88 bits per heavy atom. The number of hydrogen-bond acceptors (Lipinski definition) is 7. The van der Waals surface area contributed by atoms with E-state index in [1.165, 1.54) is 0 Å². The number of nitrogens with two attached hydrogens (primary N) is 1. The number of aryl methyl sites for hydroxylation is 1. The van der Waals surface area contributed by atoms with Gasteiger partial charge in [-0.05, 0) is 62.4 Å². The Hall–Kier alpha value is -4.61. The molecule has 5 aromatic rings.